The Hall–Kier alpha value is -1.71. The topological polar surface area (TPSA) is 97.6 Å². The Labute approximate surface area is 129 Å². The summed E-state index contributed by atoms with van der Waals surface area (Å²) in [5.41, 5.74) is 0.475. The van der Waals surface area contributed by atoms with E-state index in [4.69, 9.17) is 4.52 Å². The average molecular weight is 344 g/mol. The number of rotatable bonds is 5. The van der Waals surface area contributed by atoms with Crippen LogP contribution in [0.5, 0.6) is 0 Å². The molecular weight excluding hydrogens is 328 g/mol. The fraction of sp³-hybridized carbons (Fsp3) is 0.308. The van der Waals surface area contributed by atoms with Crippen molar-refractivity contribution in [1.82, 2.24) is 9.46 Å². The minimum absolute atomic E-state index is 0.0305. The summed E-state index contributed by atoms with van der Waals surface area (Å²) < 4.78 is 54.1. The van der Waals surface area contributed by atoms with E-state index in [9.17, 15) is 16.8 Å². The first-order chi connectivity index (χ1) is 10.1. The fourth-order valence-electron chi connectivity index (χ4n) is 1.85. The predicted octanol–water partition coefficient (Wildman–Crippen LogP) is 1.21. The maximum atomic E-state index is 12.5. The van der Waals surface area contributed by atoms with Gasteiger partial charge in [0, 0.05) is 19.4 Å². The summed E-state index contributed by atoms with van der Waals surface area (Å²) in [6.45, 7) is 1.74. The summed E-state index contributed by atoms with van der Waals surface area (Å²) in [5.74, 6) is 0.583. The van der Waals surface area contributed by atoms with Crippen LogP contribution in [-0.2, 0) is 26.4 Å². The van der Waals surface area contributed by atoms with Gasteiger partial charge in [-0.05, 0) is 25.1 Å². The van der Waals surface area contributed by atoms with Gasteiger partial charge in [-0.15, -0.1) is 0 Å². The number of nitrogens with zero attached hydrogens (tertiary/aromatic N) is 2. The first-order valence-corrected chi connectivity index (χ1v) is 9.62. The minimum Gasteiger partial charge on any atom is -0.361 e. The van der Waals surface area contributed by atoms with Crippen LogP contribution >= 0.6 is 0 Å². The molecule has 0 saturated carbocycles. The molecule has 0 aliphatic rings. The van der Waals surface area contributed by atoms with Crippen molar-refractivity contribution < 1.29 is 21.4 Å². The van der Waals surface area contributed by atoms with Gasteiger partial charge in [0.05, 0.1) is 22.0 Å². The summed E-state index contributed by atoms with van der Waals surface area (Å²) in [4.78, 5) is -0.127. The lowest BCUT2D eigenvalue weighted by Crippen LogP contribution is -2.26. The van der Waals surface area contributed by atoms with E-state index in [1.807, 2.05) is 0 Å². The van der Waals surface area contributed by atoms with E-state index in [2.05, 4.69) is 5.16 Å². The third kappa shape index (κ3) is 3.54. The van der Waals surface area contributed by atoms with E-state index < -0.39 is 19.9 Å². The molecule has 0 aliphatic carbocycles. The van der Waals surface area contributed by atoms with Crippen molar-refractivity contribution in [2.45, 2.75) is 23.3 Å². The van der Waals surface area contributed by atoms with E-state index in [1.165, 1.54) is 25.2 Å². The molecule has 0 unspecified atom stereocenters. The van der Waals surface area contributed by atoms with E-state index in [1.54, 1.807) is 13.0 Å². The Morgan fingerprint density at radius 2 is 1.77 bits per heavy atom. The SMILES string of the molecule is Cc1cc(CN(C)S(=O)(=O)c2cccc(S(C)(=O)=O)c2)no1. The molecule has 120 valence electrons. The van der Waals surface area contributed by atoms with Gasteiger partial charge in [-0.2, -0.15) is 4.31 Å². The molecule has 0 N–H and O–H groups in total. The van der Waals surface area contributed by atoms with E-state index >= 15 is 0 Å². The molecule has 1 aromatic heterocycles. The Bertz CT molecular complexity index is 885. The summed E-state index contributed by atoms with van der Waals surface area (Å²) in [5, 5.41) is 3.74. The van der Waals surface area contributed by atoms with Crippen LogP contribution in [-0.4, -0.2) is 39.6 Å². The molecule has 0 fully saturated rings. The fourth-order valence-corrected chi connectivity index (χ4v) is 3.78. The normalized spacial score (nSPS) is 12.7. The van der Waals surface area contributed by atoms with Gasteiger partial charge in [0.15, 0.2) is 9.84 Å². The van der Waals surface area contributed by atoms with E-state index in [-0.39, 0.29) is 16.3 Å². The van der Waals surface area contributed by atoms with Crippen molar-refractivity contribution >= 4 is 19.9 Å². The van der Waals surface area contributed by atoms with E-state index in [0.717, 1.165) is 16.6 Å². The molecule has 1 aromatic carbocycles. The molecule has 1 heterocycles. The highest BCUT2D eigenvalue weighted by Gasteiger charge is 2.23. The summed E-state index contributed by atoms with van der Waals surface area (Å²) in [6.07, 6.45) is 1.03. The molecule has 2 aromatic rings. The summed E-state index contributed by atoms with van der Waals surface area (Å²) >= 11 is 0. The summed E-state index contributed by atoms with van der Waals surface area (Å²) in [6, 6.07) is 6.90. The number of aromatic nitrogens is 1. The van der Waals surface area contributed by atoms with Crippen molar-refractivity contribution in [1.29, 1.82) is 0 Å². The van der Waals surface area contributed by atoms with Gasteiger partial charge in [0.2, 0.25) is 10.0 Å². The van der Waals surface area contributed by atoms with Gasteiger partial charge in [-0.3, -0.25) is 0 Å². The molecule has 0 bridgehead atoms. The highest BCUT2D eigenvalue weighted by molar-refractivity contribution is 7.91. The monoisotopic (exact) mass is 344 g/mol. The average Bonchev–Trinajstić information content (AvgIpc) is 2.83. The zero-order chi connectivity index (χ0) is 16.5. The van der Waals surface area contributed by atoms with Crippen molar-refractivity contribution in [3.8, 4) is 0 Å². The standard InChI is InChI=1S/C13H16N2O5S2/c1-10-7-11(14-20-10)9-15(2)22(18,19)13-6-4-5-12(8-13)21(3,16)17/h4-8H,9H2,1-3H3. The summed E-state index contributed by atoms with van der Waals surface area (Å²) in [7, 11) is -5.91. The molecule has 0 spiro atoms. The van der Waals surface area contributed by atoms with Crippen LogP contribution in [0, 0.1) is 6.92 Å². The Balaban J connectivity index is 2.33. The minimum atomic E-state index is -3.82. The lowest BCUT2D eigenvalue weighted by molar-refractivity contribution is 0.378. The van der Waals surface area contributed by atoms with Crippen LogP contribution in [0.2, 0.25) is 0 Å². The van der Waals surface area contributed by atoms with Gasteiger partial charge in [-0.1, -0.05) is 11.2 Å². The van der Waals surface area contributed by atoms with Crippen LogP contribution in [0.1, 0.15) is 11.5 Å². The zero-order valence-corrected chi connectivity index (χ0v) is 14.0. The molecular formula is C13H16N2O5S2. The Kier molecular flexibility index (Phi) is 4.41. The smallest absolute Gasteiger partial charge is 0.243 e. The number of sulfonamides is 1. The Morgan fingerprint density at radius 3 is 2.32 bits per heavy atom. The number of sulfone groups is 1. The molecule has 7 nitrogen and oxygen atoms in total. The third-order valence-electron chi connectivity index (χ3n) is 3.00. The maximum Gasteiger partial charge on any atom is 0.243 e. The second-order valence-corrected chi connectivity index (χ2v) is 9.00. The quantitative estimate of drug-likeness (QED) is 0.808. The van der Waals surface area contributed by atoms with Crippen molar-refractivity contribution in [3.63, 3.8) is 0 Å². The van der Waals surface area contributed by atoms with Crippen molar-refractivity contribution in [2.75, 3.05) is 13.3 Å². The van der Waals surface area contributed by atoms with Gasteiger partial charge >= 0.3 is 0 Å². The lowest BCUT2D eigenvalue weighted by Gasteiger charge is -2.16. The van der Waals surface area contributed by atoms with Gasteiger partial charge in [-0.25, -0.2) is 16.8 Å². The third-order valence-corrected chi connectivity index (χ3v) is 5.91. The second kappa shape index (κ2) is 5.82. The molecule has 0 amide bonds. The van der Waals surface area contributed by atoms with Crippen LogP contribution in [0.15, 0.2) is 44.6 Å². The zero-order valence-electron chi connectivity index (χ0n) is 12.3. The van der Waals surface area contributed by atoms with Crippen LogP contribution in [0.3, 0.4) is 0 Å². The lowest BCUT2D eigenvalue weighted by atomic mass is 10.4. The highest BCUT2D eigenvalue weighted by Crippen LogP contribution is 2.20. The van der Waals surface area contributed by atoms with Gasteiger partial charge in [0.25, 0.3) is 0 Å². The van der Waals surface area contributed by atoms with Gasteiger partial charge < -0.3 is 4.52 Å². The molecule has 9 heteroatoms. The first-order valence-electron chi connectivity index (χ1n) is 6.29. The largest absolute Gasteiger partial charge is 0.361 e. The van der Waals surface area contributed by atoms with Crippen molar-refractivity contribution in [3.05, 3.63) is 41.8 Å². The van der Waals surface area contributed by atoms with Crippen LogP contribution in [0.25, 0.3) is 0 Å². The second-order valence-electron chi connectivity index (χ2n) is 4.94. The van der Waals surface area contributed by atoms with E-state index in [0.29, 0.717) is 11.5 Å². The number of benzene rings is 1. The highest BCUT2D eigenvalue weighted by atomic mass is 32.2. The van der Waals surface area contributed by atoms with Gasteiger partial charge in [0.1, 0.15) is 5.76 Å². The number of hydrogen-bond acceptors (Lipinski definition) is 6. The predicted molar refractivity (Wildman–Crippen MR) is 79.4 cm³/mol. The van der Waals surface area contributed by atoms with Crippen LogP contribution < -0.4 is 0 Å². The molecule has 2 rings (SSSR count). The maximum absolute atomic E-state index is 12.5. The molecule has 0 radical (unpaired) electrons. The number of hydrogen-bond donors (Lipinski definition) is 0. The molecule has 0 aliphatic heterocycles. The van der Waals surface area contributed by atoms with Crippen LogP contribution in [0.4, 0.5) is 0 Å². The molecule has 0 saturated heterocycles. The van der Waals surface area contributed by atoms with Crippen molar-refractivity contribution in [2.24, 2.45) is 0 Å². The molecule has 22 heavy (non-hydrogen) atoms. The molecule has 0 atom stereocenters. The Morgan fingerprint density at radius 1 is 1.14 bits per heavy atom. The first kappa shape index (κ1) is 16.7. The number of aryl methyl sites for hydroxylation is 1.